The van der Waals surface area contributed by atoms with Crippen LogP contribution in [0.4, 0.5) is 5.82 Å². The zero-order valence-electron chi connectivity index (χ0n) is 18.2. The summed E-state index contributed by atoms with van der Waals surface area (Å²) in [6.45, 7) is 3.74. The molecule has 1 aliphatic heterocycles. The molecule has 2 N–H and O–H groups in total. The number of sulfone groups is 1. The fraction of sp³-hybridized carbons (Fsp3) is 0.565. The lowest BCUT2D eigenvalue weighted by Gasteiger charge is -2.21. The van der Waals surface area contributed by atoms with E-state index in [4.69, 9.17) is 0 Å². The normalized spacial score (nSPS) is 19.3. The molecule has 2 heterocycles. The number of anilines is 1. The maximum Gasteiger partial charge on any atom is 0.233 e. The number of nitrogens with zero attached hydrogens (tertiary/aromatic N) is 2. The zero-order chi connectivity index (χ0) is 22.2. The van der Waals surface area contributed by atoms with E-state index >= 15 is 0 Å². The van der Waals surface area contributed by atoms with E-state index in [9.17, 15) is 18.3 Å². The summed E-state index contributed by atoms with van der Waals surface area (Å²) >= 11 is 0. The van der Waals surface area contributed by atoms with Gasteiger partial charge in [0.1, 0.15) is 0 Å². The van der Waals surface area contributed by atoms with Crippen LogP contribution in [0.15, 0.2) is 35.4 Å². The van der Waals surface area contributed by atoms with Gasteiger partial charge in [0.25, 0.3) is 0 Å². The first kappa shape index (κ1) is 22.0. The number of aryl methyl sites for hydroxylation is 1. The van der Waals surface area contributed by atoms with E-state index in [2.05, 4.69) is 10.4 Å². The summed E-state index contributed by atoms with van der Waals surface area (Å²) in [5, 5.41) is 17.3. The molecule has 4 rings (SSSR count). The van der Waals surface area contributed by atoms with E-state index in [0.29, 0.717) is 29.6 Å². The summed E-state index contributed by atoms with van der Waals surface area (Å²) in [5.41, 5.74) is 0.788. The number of hydrogen-bond donors (Lipinski definition) is 2. The SMILES string of the molecule is CC(C)(O)Cn1ccc(NC(=O)C(CC2CCCC2)c2ccc3c(c2)CCS3(=O)=O)n1. The molecule has 1 aromatic heterocycles. The van der Waals surface area contributed by atoms with Crippen LogP contribution in [0.5, 0.6) is 0 Å². The van der Waals surface area contributed by atoms with Gasteiger partial charge in [-0.25, -0.2) is 8.42 Å². The number of hydrogen-bond acceptors (Lipinski definition) is 5. The number of fused-ring (bicyclic) bond motifs is 1. The van der Waals surface area contributed by atoms with Crippen molar-refractivity contribution in [1.29, 1.82) is 0 Å². The van der Waals surface area contributed by atoms with Crippen LogP contribution in [0.3, 0.4) is 0 Å². The monoisotopic (exact) mass is 445 g/mol. The number of aromatic nitrogens is 2. The van der Waals surface area contributed by atoms with Crippen molar-refractivity contribution >= 4 is 21.6 Å². The first-order valence-electron chi connectivity index (χ1n) is 11.0. The van der Waals surface area contributed by atoms with Gasteiger partial charge in [0.2, 0.25) is 5.91 Å². The number of nitrogens with one attached hydrogen (secondary N) is 1. The first-order valence-corrected chi connectivity index (χ1v) is 12.7. The fourth-order valence-corrected chi connectivity index (χ4v) is 6.31. The molecule has 2 aliphatic rings. The summed E-state index contributed by atoms with van der Waals surface area (Å²) in [4.78, 5) is 13.7. The van der Waals surface area contributed by atoms with Gasteiger partial charge >= 0.3 is 0 Å². The van der Waals surface area contributed by atoms with E-state index in [1.165, 1.54) is 12.8 Å². The molecule has 0 saturated heterocycles. The molecule has 2 aromatic rings. The van der Waals surface area contributed by atoms with Crippen LogP contribution in [0.1, 0.15) is 63.0 Å². The molecule has 1 unspecified atom stereocenters. The third-order valence-electron chi connectivity index (χ3n) is 6.26. The predicted octanol–water partition coefficient (Wildman–Crippen LogP) is 3.29. The van der Waals surface area contributed by atoms with Crippen molar-refractivity contribution in [3.63, 3.8) is 0 Å². The molecule has 0 spiro atoms. The largest absolute Gasteiger partial charge is 0.389 e. The maximum atomic E-state index is 13.3. The van der Waals surface area contributed by atoms with Crippen LogP contribution in [0.25, 0.3) is 0 Å². The van der Waals surface area contributed by atoms with Crippen LogP contribution in [0, 0.1) is 5.92 Å². The molecule has 1 aromatic carbocycles. The van der Waals surface area contributed by atoms with Gasteiger partial charge in [0.05, 0.1) is 28.7 Å². The summed E-state index contributed by atoms with van der Waals surface area (Å²) in [7, 11) is -3.19. The average molecular weight is 446 g/mol. The highest BCUT2D eigenvalue weighted by atomic mass is 32.2. The fourth-order valence-electron chi connectivity index (χ4n) is 4.77. The summed E-state index contributed by atoms with van der Waals surface area (Å²) < 4.78 is 26.0. The van der Waals surface area contributed by atoms with E-state index in [0.717, 1.165) is 30.4 Å². The lowest BCUT2D eigenvalue weighted by Crippen LogP contribution is -2.27. The highest BCUT2D eigenvalue weighted by molar-refractivity contribution is 7.91. The quantitative estimate of drug-likeness (QED) is 0.681. The molecule has 168 valence electrons. The van der Waals surface area contributed by atoms with Gasteiger partial charge < -0.3 is 10.4 Å². The Hall–Kier alpha value is -2.19. The van der Waals surface area contributed by atoms with Crippen molar-refractivity contribution in [1.82, 2.24) is 9.78 Å². The Labute approximate surface area is 183 Å². The second-order valence-corrected chi connectivity index (χ2v) is 11.7. The van der Waals surface area contributed by atoms with Gasteiger partial charge in [-0.05, 0) is 49.8 Å². The number of benzene rings is 1. The Kier molecular flexibility index (Phi) is 5.96. The summed E-state index contributed by atoms with van der Waals surface area (Å²) in [6.07, 6.45) is 7.64. The van der Waals surface area contributed by atoms with E-state index in [-0.39, 0.29) is 17.6 Å². The Morgan fingerprint density at radius 1 is 1.29 bits per heavy atom. The summed E-state index contributed by atoms with van der Waals surface area (Å²) in [5.74, 6) is 0.622. The molecule has 1 atom stereocenters. The summed E-state index contributed by atoms with van der Waals surface area (Å²) in [6, 6.07) is 7.10. The van der Waals surface area contributed by atoms with Crippen molar-refractivity contribution in [3.05, 3.63) is 41.6 Å². The van der Waals surface area contributed by atoms with Crippen molar-refractivity contribution in [2.24, 2.45) is 5.92 Å². The molecule has 7 nitrogen and oxygen atoms in total. The molecule has 0 radical (unpaired) electrons. The van der Waals surface area contributed by atoms with Crippen LogP contribution < -0.4 is 5.32 Å². The molecule has 1 amide bonds. The minimum absolute atomic E-state index is 0.124. The highest BCUT2D eigenvalue weighted by Crippen LogP contribution is 2.37. The Morgan fingerprint density at radius 3 is 2.74 bits per heavy atom. The molecule has 1 fully saturated rings. The standard InChI is InChI=1S/C23H31N3O4S/c1-23(2,28)15-26-11-9-21(25-26)24-22(27)19(13-16-5-3-4-6-16)17-7-8-20-18(14-17)10-12-31(20,29)30/h7-9,11,14,16,19,28H,3-6,10,12-13,15H2,1-2H3,(H,24,25,27). The topological polar surface area (TPSA) is 101 Å². The van der Waals surface area contributed by atoms with Crippen molar-refractivity contribution in [2.45, 2.75) is 75.3 Å². The van der Waals surface area contributed by atoms with E-state index < -0.39 is 15.4 Å². The van der Waals surface area contributed by atoms with E-state index in [1.54, 1.807) is 42.9 Å². The average Bonchev–Trinajstić information content (AvgIpc) is 3.40. The lowest BCUT2D eigenvalue weighted by molar-refractivity contribution is -0.118. The number of carbonyl (C=O) groups excluding carboxylic acids is 1. The Bertz CT molecular complexity index is 1060. The lowest BCUT2D eigenvalue weighted by atomic mass is 9.86. The molecule has 31 heavy (non-hydrogen) atoms. The smallest absolute Gasteiger partial charge is 0.233 e. The minimum atomic E-state index is -3.19. The van der Waals surface area contributed by atoms with Crippen molar-refractivity contribution in [2.75, 3.05) is 11.1 Å². The zero-order valence-corrected chi connectivity index (χ0v) is 19.0. The van der Waals surface area contributed by atoms with Crippen molar-refractivity contribution < 1.29 is 18.3 Å². The maximum absolute atomic E-state index is 13.3. The third-order valence-corrected chi connectivity index (χ3v) is 8.07. The Morgan fingerprint density at radius 2 is 2.03 bits per heavy atom. The number of carbonyl (C=O) groups is 1. The molecule has 1 aliphatic carbocycles. The predicted molar refractivity (Wildman–Crippen MR) is 119 cm³/mol. The molecule has 8 heteroatoms. The molecule has 0 bridgehead atoms. The number of rotatable bonds is 7. The molecule has 1 saturated carbocycles. The third kappa shape index (κ3) is 5.18. The van der Waals surface area contributed by atoms with Gasteiger partial charge in [-0.2, -0.15) is 5.10 Å². The van der Waals surface area contributed by atoms with Crippen LogP contribution >= 0.6 is 0 Å². The van der Waals surface area contributed by atoms with Gasteiger partial charge in [-0.1, -0.05) is 37.8 Å². The Balaban J connectivity index is 1.56. The van der Waals surface area contributed by atoms with Gasteiger partial charge in [-0.3, -0.25) is 9.48 Å². The van der Waals surface area contributed by atoms with Gasteiger partial charge in [-0.15, -0.1) is 0 Å². The van der Waals surface area contributed by atoms with Crippen molar-refractivity contribution in [3.8, 4) is 0 Å². The van der Waals surface area contributed by atoms with E-state index in [1.807, 2.05) is 6.07 Å². The number of aliphatic hydroxyl groups is 1. The number of amides is 1. The molecular formula is C23H31N3O4S. The van der Waals surface area contributed by atoms with Crippen LogP contribution in [0.2, 0.25) is 0 Å². The first-order chi connectivity index (χ1) is 14.6. The van der Waals surface area contributed by atoms with Crippen LogP contribution in [-0.4, -0.2) is 40.6 Å². The van der Waals surface area contributed by atoms with Gasteiger partial charge in [0, 0.05) is 12.3 Å². The van der Waals surface area contributed by atoms with Crippen LogP contribution in [-0.2, 0) is 27.6 Å². The highest BCUT2D eigenvalue weighted by Gasteiger charge is 2.31. The van der Waals surface area contributed by atoms with Gasteiger partial charge in [0.15, 0.2) is 15.7 Å². The second-order valence-electron chi connectivity index (χ2n) is 9.58. The molecular weight excluding hydrogens is 414 g/mol. The minimum Gasteiger partial charge on any atom is -0.389 e. The second kappa shape index (κ2) is 8.39.